The van der Waals surface area contributed by atoms with Gasteiger partial charge in [-0.2, -0.15) is 5.10 Å². The average molecular weight is 296 g/mol. The largest absolute Gasteiger partial charge is 0.484 e. The lowest BCUT2D eigenvalue weighted by Crippen LogP contribution is -2.25. The van der Waals surface area contributed by atoms with Crippen LogP contribution in [0.15, 0.2) is 59.7 Å². The number of carbonyl (C=O) groups is 1. The summed E-state index contributed by atoms with van der Waals surface area (Å²) >= 11 is 0. The monoisotopic (exact) mass is 296 g/mol. The number of carbonyl (C=O) groups excluding carboxylic acids is 1. The summed E-state index contributed by atoms with van der Waals surface area (Å²) in [5, 5.41) is 3.95. The molecule has 22 heavy (non-hydrogen) atoms. The van der Waals surface area contributed by atoms with E-state index in [1.165, 1.54) is 0 Å². The van der Waals surface area contributed by atoms with Crippen molar-refractivity contribution in [1.82, 2.24) is 5.43 Å². The Kier molecular flexibility index (Phi) is 5.72. The predicted octanol–water partition coefficient (Wildman–Crippen LogP) is 3.63. The summed E-state index contributed by atoms with van der Waals surface area (Å²) in [6, 6.07) is 17.8. The maximum atomic E-state index is 11.6. The molecular weight excluding hydrogens is 276 g/mol. The van der Waals surface area contributed by atoms with E-state index in [4.69, 9.17) is 4.74 Å². The number of rotatable bonds is 6. The minimum Gasteiger partial charge on any atom is -0.484 e. The zero-order chi connectivity index (χ0) is 15.8. The molecule has 114 valence electrons. The smallest absolute Gasteiger partial charge is 0.277 e. The molecule has 2 aromatic rings. The molecular formula is C18H20N2O2. The summed E-state index contributed by atoms with van der Waals surface area (Å²) in [5.74, 6) is 0.394. The van der Waals surface area contributed by atoms with Crippen molar-refractivity contribution >= 4 is 11.6 Å². The molecule has 0 fully saturated rings. The van der Waals surface area contributed by atoms with Gasteiger partial charge in [0.2, 0.25) is 0 Å². The van der Waals surface area contributed by atoms with Crippen molar-refractivity contribution in [3.8, 4) is 16.9 Å². The molecule has 2 rings (SSSR count). The molecule has 1 amide bonds. The number of hydrazone groups is 1. The van der Waals surface area contributed by atoms with Gasteiger partial charge in [-0.15, -0.1) is 0 Å². The van der Waals surface area contributed by atoms with Crippen molar-refractivity contribution in [3.63, 3.8) is 0 Å². The third-order valence-electron chi connectivity index (χ3n) is 3.21. The quantitative estimate of drug-likeness (QED) is 0.653. The van der Waals surface area contributed by atoms with Crippen molar-refractivity contribution in [3.05, 3.63) is 54.6 Å². The molecule has 0 atom stereocenters. The van der Waals surface area contributed by atoms with Crippen LogP contribution in [0.5, 0.6) is 5.75 Å². The van der Waals surface area contributed by atoms with E-state index in [9.17, 15) is 4.79 Å². The van der Waals surface area contributed by atoms with Gasteiger partial charge in [0.05, 0.1) is 0 Å². The third-order valence-corrected chi connectivity index (χ3v) is 3.21. The molecule has 0 aliphatic carbocycles. The average Bonchev–Trinajstić information content (AvgIpc) is 2.59. The molecule has 0 radical (unpaired) electrons. The van der Waals surface area contributed by atoms with E-state index in [1.54, 1.807) is 0 Å². The first kappa shape index (κ1) is 15.8. The van der Waals surface area contributed by atoms with E-state index in [0.29, 0.717) is 5.75 Å². The van der Waals surface area contributed by atoms with Crippen LogP contribution in [0.3, 0.4) is 0 Å². The van der Waals surface area contributed by atoms with Crippen LogP contribution >= 0.6 is 0 Å². The van der Waals surface area contributed by atoms with Crippen LogP contribution in [0, 0.1) is 0 Å². The van der Waals surface area contributed by atoms with Gasteiger partial charge in [-0.3, -0.25) is 4.79 Å². The van der Waals surface area contributed by atoms with Crippen LogP contribution in [-0.4, -0.2) is 18.2 Å². The van der Waals surface area contributed by atoms with Gasteiger partial charge in [0, 0.05) is 5.71 Å². The minimum absolute atomic E-state index is 0.0504. The van der Waals surface area contributed by atoms with Crippen molar-refractivity contribution in [2.75, 3.05) is 6.61 Å². The van der Waals surface area contributed by atoms with E-state index in [1.807, 2.05) is 56.3 Å². The van der Waals surface area contributed by atoms with Crippen LogP contribution in [0.4, 0.5) is 0 Å². The maximum Gasteiger partial charge on any atom is 0.277 e. The minimum atomic E-state index is -0.264. The highest BCUT2D eigenvalue weighted by Crippen LogP contribution is 2.21. The molecule has 4 nitrogen and oxygen atoms in total. The number of nitrogens with zero attached hydrogens (tertiary/aromatic N) is 1. The Balaban J connectivity index is 1.88. The Morgan fingerprint density at radius 1 is 1.05 bits per heavy atom. The van der Waals surface area contributed by atoms with Gasteiger partial charge in [-0.05, 0) is 36.6 Å². The van der Waals surface area contributed by atoms with Crippen LogP contribution in [-0.2, 0) is 4.79 Å². The highest BCUT2D eigenvalue weighted by Gasteiger charge is 2.02. The number of hydrogen-bond acceptors (Lipinski definition) is 3. The Hall–Kier alpha value is -2.62. The lowest BCUT2D eigenvalue weighted by Gasteiger charge is -2.07. The fraction of sp³-hybridized carbons (Fsp3) is 0.222. The lowest BCUT2D eigenvalue weighted by atomic mass is 10.1. The standard InChI is InChI=1S/C18H20N2O2/c1-3-14(2)19-20-18(21)13-22-17-11-9-16(10-12-17)15-7-5-4-6-8-15/h4-12H,3,13H2,1-2H3,(H,20,21)/b19-14-. The van der Waals surface area contributed by atoms with Gasteiger partial charge in [0.15, 0.2) is 6.61 Å². The second-order valence-electron chi connectivity index (χ2n) is 4.91. The molecule has 0 saturated heterocycles. The summed E-state index contributed by atoms with van der Waals surface area (Å²) in [5.41, 5.74) is 5.60. The van der Waals surface area contributed by atoms with Gasteiger partial charge in [0.1, 0.15) is 5.75 Å². The van der Waals surface area contributed by atoms with E-state index in [0.717, 1.165) is 23.3 Å². The highest BCUT2D eigenvalue weighted by atomic mass is 16.5. The molecule has 0 aliphatic rings. The number of amides is 1. The van der Waals surface area contributed by atoms with Gasteiger partial charge < -0.3 is 4.74 Å². The first-order valence-electron chi connectivity index (χ1n) is 7.29. The predicted molar refractivity (Wildman–Crippen MR) is 88.9 cm³/mol. The van der Waals surface area contributed by atoms with Crippen LogP contribution in [0.2, 0.25) is 0 Å². The van der Waals surface area contributed by atoms with E-state index in [-0.39, 0.29) is 12.5 Å². The molecule has 2 aromatic carbocycles. The number of ether oxygens (including phenoxy) is 1. The van der Waals surface area contributed by atoms with Gasteiger partial charge in [-0.25, -0.2) is 5.43 Å². The van der Waals surface area contributed by atoms with Gasteiger partial charge in [0.25, 0.3) is 5.91 Å². The Morgan fingerprint density at radius 3 is 2.32 bits per heavy atom. The van der Waals surface area contributed by atoms with Crippen molar-refractivity contribution in [1.29, 1.82) is 0 Å². The van der Waals surface area contributed by atoms with Gasteiger partial charge >= 0.3 is 0 Å². The van der Waals surface area contributed by atoms with Crippen LogP contribution < -0.4 is 10.2 Å². The third kappa shape index (κ3) is 4.74. The SMILES string of the molecule is CC/C(C)=N\NC(=O)COc1ccc(-c2ccccc2)cc1. The first-order valence-corrected chi connectivity index (χ1v) is 7.29. The lowest BCUT2D eigenvalue weighted by molar-refractivity contribution is -0.123. The second-order valence-corrected chi connectivity index (χ2v) is 4.91. The second kappa shape index (κ2) is 7.98. The molecule has 0 aromatic heterocycles. The zero-order valence-electron chi connectivity index (χ0n) is 12.9. The van der Waals surface area contributed by atoms with Crippen molar-refractivity contribution < 1.29 is 9.53 Å². The molecule has 0 bridgehead atoms. The fourth-order valence-corrected chi connectivity index (χ4v) is 1.79. The van der Waals surface area contributed by atoms with E-state index in [2.05, 4.69) is 22.7 Å². The molecule has 0 spiro atoms. The molecule has 4 heteroatoms. The Morgan fingerprint density at radius 2 is 1.68 bits per heavy atom. The number of benzene rings is 2. The zero-order valence-corrected chi connectivity index (χ0v) is 12.9. The molecule has 0 heterocycles. The fourth-order valence-electron chi connectivity index (χ4n) is 1.79. The summed E-state index contributed by atoms with van der Waals surface area (Å²) in [4.78, 5) is 11.6. The van der Waals surface area contributed by atoms with E-state index < -0.39 is 0 Å². The van der Waals surface area contributed by atoms with Crippen LogP contribution in [0.1, 0.15) is 20.3 Å². The van der Waals surface area contributed by atoms with Gasteiger partial charge in [-0.1, -0.05) is 49.4 Å². The topological polar surface area (TPSA) is 50.7 Å². The van der Waals surface area contributed by atoms with Crippen molar-refractivity contribution in [2.24, 2.45) is 5.10 Å². The van der Waals surface area contributed by atoms with E-state index >= 15 is 0 Å². The molecule has 0 unspecified atom stereocenters. The Labute approximate surface area is 130 Å². The number of hydrogen-bond donors (Lipinski definition) is 1. The van der Waals surface area contributed by atoms with Crippen LogP contribution in [0.25, 0.3) is 11.1 Å². The molecule has 0 saturated carbocycles. The summed E-state index contributed by atoms with van der Waals surface area (Å²) < 4.78 is 5.44. The summed E-state index contributed by atoms with van der Waals surface area (Å²) in [6.07, 6.45) is 0.808. The maximum absolute atomic E-state index is 11.6. The number of nitrogens with one attached hydrogen (secondary N) is 1. The molecule has 1 N–H and O–H groups in total. The Bertz CT molecular complexity index is 634. The first-order chi connectivity index (χ1) is 10.7. The summed E-state index contributed by atoms with van der Waals surface area (Å²) in [7, 11) is 0. The van der Waals surface area contributed by atoms with Crippen molar-refractivity contribution in [2.45, 2.75) is 20.3 Å². The normalized spacial score (nSPS) is 11.1. The molecule has 0 aliphatic heterocycles. The highest BCUT2D eigenvalue weighted by molar-refractivity contribution is 5.84. The summed E-state index contributed by atoms with van der Waals surface area (Å²) in [6.45, 7) is 3.80.